The summed E-state index contributed by atoms with van der Waals surface area (Å²) in [4.78, 5) is 0. The molecule has 1 heterocycles. The van der Waals surface area contributed by atoms with Crippen LogP contribution in [0.2, 0.25) is 0 Å². The first-order valence-corrected chi connectivity index (χ1v) is 10.1. The zero-order chi connectivity index (χ0) is 13.0. The summed E-state index contributed by atoms with van der Waals surface area (Å²) in [6, 6.07) is 7.63. The van der Waals surface area contributed by atoms with Crippen LogP contribution in [0.1, 0.15) is 24.8 Å². The molecule has 1 atom stereocenters. The van der Waals surface area contributed by atoms with E-state index in [-0.39, 0.29) is 6.29 Å². The highest BCUT2D eigenvalue weighted by molar-refractivity contribution is 8.78. The number of hydrogen-bond acceptors (Lipinski definition) is 2. The van der Waals surface area contributed by atoms with Crippen LogP contribution in [0, 0.1) is 0 Å². The Balaban J connectivity index is 1.90. The molecule has 1 unspecified atom stereocenters. The molecule has 6 heteroatoms. The van der Waals surface area contributed by atoms with E-state index >= 15 is 0 Å². The first kappa shape index (κ1) is 14.6. The molecule has 0 radical (unpaired) electrons. The van der Waals surface area contributed by atoms with Crippen LogP contribution in [0.5, 0.6) is 5.75 Å². The van der Waals surface area contributed by atoms with Gasteiger partial charge in [0.2, 0.25) is 0 Å². The number of hydrogen-bond donors (Lipinski definition) is 0. The normalized spacial score (nSPS) is 21.6. The van der Waals surface area contributed by atoms with E-state index in [1.54, 1.807) is 0 Å². The van der Waals surface area contributed by atoms with E-state index in [2.05, 4.69) is 0 Å². The molecule has 102 valence electrons. The van der Waals surface area contributed by atoms with Gasteiger partial charge in [0.25, 0.3) is 0 Å². The standard InChI is InChI=1S/C12H15Cl3O2S/c13-18(14,15)9-10-4-6-11(7-5-10)17-12-3-1-2-8-16-12/h4-7,12H,1-3,8-9H2. The maximum Gasteiger partial charge on any atom is 0.199 e. The fourth-order valence-electron chi connectivity index (χ4n) is 1.81. The van der Waals surface area contributed by atoms with E-state index in [9.17, 15) is 0 Å². The highest BCUT2D eigenvalue weighted by Crippen LogP contribution is 2.65. The van der Waals surface area contributed by atoms with Gasteiger partial charge >= 0.3 is 0 Å². The molecule has 0 spiro atoms. The Hall–Kier alpha value is 0.200. The summed E-state index contributed by atoms with van der Waals surface area (Å²) in [7, 11) is 15.4. The molecule has 0 aromatic heterocycles. The molecule has 1 saturated heterocycles. The Morgan fingerprint density at radius 1 is 1.17 bits per heavy atom. The van der Waals surface area contributed by atoms with E-state index in [0.29, 0.717) is 5.75 Å². The fraction of sp³-hybridized carbons (Fsp3) is 0.500. The van der Waals surface area contributed by atoms with Gasteiger partial charge in [0.1, 0.15) is 5.75 Å². The summed E-state index contributed by atoms with van der Waals surface area (Å²) >= 11 is 0. The molecule has 0 N–H and O–H groups in total. The Morgan fingerprint density at radius 3 is 2.44 bits per heavy atom. The lowest BCUT2D eigenvalue weighted by molar-refractivity contribution is -0.105. The number of halogens is 3. The second kappa shape index (κ2) is 6.58. The predicted octanol–water partition coefficient (Wildman–Crippen LogP) is 5.36. The summed E-state index contributed by atoms with van der Waals surface area (Å²) in [5.74, 6) is 1.27. The molecule has 1 aromatic rings. The van der Waals surface area contributed by atoms with Crippen LogP contribution < -0.4 is 4.74 Å². The van der Waals surface area contributed by atoms with Crippen molar-refractivity contribution in [3.63, 3.8) is 0 Å². The molecule has 0 aliphatic carbocycles. The van der Waals surface area contributed by atoms with Gasteiger partial charge in [0.05, 0.1) is 6.61 Å². The van der Waals surface area contributed by atoms with Gasteiger partial charge in [-0.3, -0.25) is 0 Å². The van der Waals surface area contributed by atoms with Crippen molar-refractivity contribution in [3.8, 4) is 5.75 Å². The van der Waals surface area contributed by atoms with Gasteiger partial charge in [0, 0.05) is 12.2 Å². The molecular weight excluding hydrogens is 315 g/mol. The smallest absolute Gasteiger partial charge is 0.199 e. The minimum absolute atomic E-state index is 0.122. The van der Waals surface area contributed by atoms with Crippen molar-refractivity contribution in [2.24, 2.45) is 0 Å². The van der Waals surface area contributed by atoms with Crippen LogP contribution in [-0.4, -0.2) is 12.9 Å². The molecule has 18 heavy (non-hydrogen) atoms. The van der Waals surface area contributed by atoms with Crippen molar-refractivity contribution >= 4 is 39.7 Å². The lowest BCUT2D eigenvalue weighted by atomic mass is 10.2. The third kappa shape index (κ3) is 5.06. The van der Waals surface area contributed by atoms with Crippen molar-refractivity contribution < 1.29 is 9.47 Å². The van der Waals surface area contributed by atoms with E-state index in [4.69, 9.17) is 41.5 Å². The third-order valence-corrected chi connectivity index (χ3v) is 4.30. The third-order valence-electron chi connectivity index (χ3n) is 2.66. The highest BCUT2D eigenvalue weighted by Gasteiger charge is 2.16. The second-order valence-corrected chi connectivity index (χ2v) is 11.7. The Morgan fingerprint density at radius 2 is 1.89 bits per heavy atom. The molecule has 1 aliphatic heterocycles. The lowest BCUT2D eigenvalue weighted by Gasteiger charge is -2.23. The van der Waals surface area contributed by atoms with Gasteiger partial charge in [0.15, 0.2) is 6.29 Å². The number of benzene rings is 1. The first-order chi connectivity index (χ1) is 8.53. The quantitative estimate of drug-likeness (QED) is 0.740. The van der Waals surface area contributed by atoms with E-state index in [0.717, 1.165) is 37.2 Å². The summed E-state index contributed by atoms with van der Waals surface area (Å²) in [6.45, 7) is 0.777. The zero-order valence-corrected chi connectivity index (χ0v) is 12.9. The van der Waals surface area contributed by atoms with Crippen LogP contribution in [0.4, 0.5) is 0 Å². The van der Waals surface area contributed by atoms with Gasteiger partial charge < -0.3 is 9.47 Å². The zero-order valence-electron chi connectivity index (χ0n) is 9.78. The second-order valence-electron chi connectivity index (χ2n) is 4.20. The maximum atomic E-state index is 5.83. The molecule has 2 rings (SSSR count). The highest BCUT2D eigenvalue weighted by atomic mass is 36.2. The molecule has 0 saturated carbocycles. The molecular formula is C12H15Cl3O2S. The van der Waals surface area contributed by atoms with Crippen molar-refractivity contribution in [1.29, 1.82) is 0 Å². The Labute approximate surface area is 122 Å². The first-order valence-electron chi connectivity index (χ1n) is 5.80. The topological polar surface area (TPSA) is 18.5 Å². The number of ether oxygens (including phenoxy) is 2. The van der Waals surface area contributed by atoms with Crippen LogP contribution >= 0.6 is 39.7 Å². The largest absolute Gasteiger partial charge is 0.465 e. The minimum atomic E-state index is -2.07. The Bertz CT molecular complexity index is 372. The summed E-state index contributed by atoms with van der Waals surface area (Å²) in [5, 5.41) is 0. The van der Waals surface area contributed by atoms with Crippen LogP contribution in [-0.2, 0) is 10.5 Å². The van der Waals surface area contributed by atoms with Crippen molar-refractivity contribution in [2.45, 2.75) is 31.3 Å². The van der Waals surface area contributed by atoms with Crippen molar-refractivity contribution in [2.75, 3.05) is 6.61 Å². The SMILES string of the molecule is ClS(Cl)(Cl)Cc1ccc(OC2CCCCO2)cc1. The molecule has 0 bridgehead atoms. The average molecular weight is 330 g/mol. The van der Waals surface area contributed by atoms with Gasteiger partial charge in [-0.2, -0.15) is 0 Å². The van der Waals surface area contributed by atoms with Gasteiger partial charge in [-0.15, -0.1) is 0 Å². The van der Waals surface area contributed by atoms with Crippen LogP contribution in [0.25, 0.3) is 0 Å². The maximum absolute atomic E-state index is 5.83. The van der Waals surface area contributed by atoms with Gasteiger partial charge in [-0.25, -0.2) is 0 Å². The Kier molecular flexibility index (Phi) is 5.34. The van der Waals surface area contributed by atoms with Gasteiger partial charge in [-0.1, -0.05) is 12.1 Å². The average Bonchev–Trinajstić information content (AvgIpc) is 2.31. The molecule has 1 aromatic carbocycles. The minimum Gasteiger partial charge on any atom is -0.465 e. The van der Waals surface area contributed by atoms with E-state index < -0.39 is 7.67 Å². The summed E-state index contributed by atoms with van der Waals surface area (Å²) in [5.41, 5.74) is 1.00. The molecule has 1 aliphatic rings. The molecule has 1 fully saturated rings. The van der Waals surface area contributed by atoms with E-state index in [1.807, 2.05) is 24.3 Å². The predicted molar refractivity (Wildman–Crippen MR) is 79.5 cm³/mol. The molecule has 2 nitrogen and oxygen atoms in total. The lowest BCUT2D eigenvalue weighted by Crippen LogP contribution is -2.24. The number of rotatable bonds is 4. The van der Waals surface area contributed by atoms with Crippen molar-refractivity contribution in [1.82, 2.24) is 0 Å². The summed E-state index contributed by atoms with van der Waals surface area (Å²) < 4.78 is 11.2. The van der Waals surface area contributed by atoms with Crippen LogP contribution in [0.3, 0.4) is 0 Å². The van der Waals surface area contributed by atoms with Crippen LogP contribution in [0.15, 0.2) is 24.3 Å². The van der Waals surface area contributed by atoms with Crippen molar-refractivity contribution in [3.05, 3.63) is 29.8 Å². The summed E-state index contributed by atoms with van der Waals surface area (Å²) in [6.07, 6.45) is 3.09. The fourth-order valence-corrected chi connectivity index (χ4v) is 3.51. The van der Waals surface area contributed by atoms with Gasteiger partial charge in [-0.05, 0) is 70.3 Å². The monoisotopic (exact) mass is 328 g/mol. The molecule has 0 amide bonds. The van der Waals surface area contributed by atoms with E-state index in [1.165, 1.54) is 0 Å².